The molecule has 1 atom stereocenters. The van der Waals surface area contributed by atoms with Gasteiger partial charge in [0.05, 0.1) is 17.3 Å². The highest BCUT2D eigenvalue weighted by molar-refractivity contribution is 8.11. The van der Waals surface area contributed by atoms with E-state index in [9.17, 15) is 0 Å². The highest BCUT2D eigenvalue weighted by atomic mass is 32.1. The van der Waals surface area contributed by atoms with Crippen LogP contribution >= 0.6 is 24.8 Å². The topological polar surface area (TPSA) is 32.6 Å². The predicted octanol–water partition coefficient (Wildman–Crippen LogP) is 1.48. The van der Waals surface area contributed by atoms with E-state index in [1.54, 1.807) is 0 Å². The van der Waals surface area contributed by atoms with Crippen LogP contribution in [0.15, 0.2) is 4.99 Å². The standard InChI is InChI=1S/C8H13NOS2/c10-5-4-9-7-3-1-2-6(7)8(11)12/h6,10H,1-5H2,(H,11,12). The SMILES string of the molecule is OCCN=C1CCCC1C(=S)S. The maximum atomic E-state index is 8.59. The highest BCUT2D eigenvalue weighted by Crippen LogP contribution is 2.25. The molecule has 1 saturated carbocycles. The minimum absolute atomic E-state index is 0.121. The lowest BCUT2D eigenvalue weighted by atomic mass is 10.1. The van der Waals surface area contributed by atoms with Crippen molar-refractivity contribution in [2.24, 2.45) is 10.9 Å². The molecule has 1 aliphatic carbocycles. The monoisotopic (exact) mass is 203 g/mol. The molecular weight excluding hydrogens is 190 g/mol. The van der Waals surface area contributed by atoms with Gasteiger partial charge in [0.2, 0.25) is 0 Å². The third-order valence-corrected chi connectivity index (χ3v) is 2.64. The third-order valence-electron chi connectivity index (χ3n) is 2.04. The molecule has 1 N–H and O–H groups in total. The summed E-state index contributed by atoms with van der Waals surface area (Å²) < 4.78 is 0.740. The van der Waals surface area contributed by atoms with Gasteiger partial charge >= 0.3 is 0 Å². The van der Waals surface area contributed by atoms with Crippen LogP contribution in [0.3, 0.4) is 0 Å². The molecule has 0 aromatic rings. The number of aliphatic hydroxyl groups excluding tert-OH is 1. The van der Waals surface area contributed by atoms with Crippen LogP contribution in [0.5, 0.6) is 0 Å². The first-order valence-corrected chi connectivity index (χ1v) is 4.98. The lowest BCUT2D eigenvalue weighted by molar-refractivity contribution is 0.306. The van der Waals surface area contributed by atoms with Crippen molar-refractivity contribution in [3.05, 3.63) is 0 Å². The van der Waals surface area contributed by atoms with Crippen LogP contribution < -0.4 is 0 Å². The number of aliphatic imine (C=N–C) groups is 1. The Bertz CT molecular complexity index is 203. The van der Waals surface area contributed by atoms with Gasteiger partial charge in [0.15, 0.2) is 0 Å². The summed E-state index contributed by atoms with van der Waals surface area (Å²) in [5, 5.41) is 8.59. The van der Waals surface area contributed by atoms with Crippen molar-refractivity contribution in [2.45, 2.75) is 19.3 Å². The maximum Gasteiger partial charge on any atom is 0.0626 e. The van der Waals surface area contributed by atoms with Gasteiger partial charge in [-0.2, -0.15) is 0 Å². The van der Waals surface area contributed by atoms with Gasteiger partial charge in [0, 0.05) is 11.6 Å². The molecule has 0 bridgehead atoms. The van der Waals surface area contributed by atoms with Crippen molar-refractivity contribution in [1.29, 1.82) is 0 Å². The number of rotatable bonds is 3. The predicted molar refractivity (Wildman–Crippen MR) is 58.3 cm³/mol. The fraction of sp³-hybridized carbons (Fsp3) is 0.750. The van der Waals surface area contributed by atoms with Gasteiger partial charge in [0.25, 0.3) is 0 Å². The Kier molecular flexibility index (Phi) is 4.18. The Morgan fingerprint density at radius 2 is 2.50 bits per heavy atom. The number of hydrogen-bond acceptors (Lipinski definition) is 3. The number of nitrogens with zero attached hydrogens (tertiary/aromatic N) is 1. The van der Waals surface area contributed by atoms with Crippen LogP contribution in [-0.4, -0.2) is 28.2 Å². The van der Waals surface area contributed by atoms with Crippen molar-refractivity contribution in [1.82, 2.24) is 0 Å². The van der Waals surface area contributed by atoms with E-state index in [1.165, 1.54) is 0 Å². The van der Waals surface area contributed by atoms with Gasteiger partial charge in [-0.15, -0.1) is 12.6 Å². The zero-order valence-corrected chi connectivity index (χ0v) is 8.57. The van der Waals surface area contributed by atoms with Crippen LogP contribution in [0.4, 0.5) is 0 Å². The summed E-state index contributed by atoms with van der Waals surface area (Å²) in [7, 11) is 0. The molecule has 0 saturated heterocycles. The van der Waals surface area contributed by atoms with E-state index in [0.717, 1.165) is 29.2 Å². The van der Waals surface area contributed by atoms with E-state index in [1.807, 2.05) is 0 Å². The first kappa shape index (κ1) is 10.2. The second-order valence-corrected chi connectivity index (χ2v) is 4.10. The minimum Gasteiger partial charge on any atom is -0.394 e. The van der Waals surface area contributed by atoms with Crippen molar-refractivity contribution in [2.75, 3.05) is 13.2 Å². The van der Waals surface area contributed by atoms with Crippen LogP contribution in [-0.2, 0) is 0 Å². The summed E-state index contributed by atoms with van der Waals surface area (Å²) in [4.78, 5) is 4.27. The molecule has 0 amide bonds. The maximum absolute atomic E-state index is 8.59. The second-order valence-electron chi connectivity index (χ2n) is 2.88. The zero-order valence-electron chi connectivity index (χ0n) is 6.86. The molecule has 1 unspecified atom stereocenters. The molecule has 68 valence electrons. The zero-order chi connectivity index (χ0) is 8.97. The molecule has 0 heterocycles. The van der Waals surface area contributed by atoms with E-state index in [-0.39, 0.29) is 12.5 Å². The van der Waals surface area contributed by atoms with Crippen molar-refractivity contribution >= 4 is 34.8 Å². The van der Waals surface area contributed by atoms with Crippen molar-refractivity contribution in [3.8, 4) is 0 Å². The Hall–Kier alpha value is 0.0700. The van der Waals surface area contributed by atoms with E-state index in [2.05, 4.69) is 17.6 Å². The third kappa shape index (κ3) is 2.54. The molecule has 0 aliphatic heterocycles. The largest absolute Gasteiger partial charge is 0.394 e. The molecule has 12 heavy (non-hydrogen) atoms. The molecule has 0 aromatic carbocycles. The Labute approximate surface area is 83.5 Å². The van der Waals surface area contributed by atoms with E-state index >= 15 is 0 Å². The van der Waals surface area contributed by atoms with Crippen molar-refractivity contribution < 1.29 is 5.11 Å². The molecule has 1 rings (SSSR count). The van der Waals surface area contributed by atoms with Crippen LogP contribution in [0.25, 0.3) is 0 Å². The Morgan fingerprint density at radius 3 is 3.08 bits per heavy atom. The Morgan fingerprint density at radius 1 is 1.75 bits per heavy atom. The van der Waals surface area contributed by atoms with Crippen LogP contribution in [0, 0.1) is 5.92 Å². The second kappa shape index (κ2) is 4.94. The van der Waals surface area contributed by atoms with Gasteiger partial charge in [0.1, 0.15) is 0 Å². The van der Waals surface area contributed by atoms with E-state index in [4.69, 9.17) is 17.3 Å². The summed E-state index contributed by atoms with van der Waals surface area (Å²) in [6.07, 6.45) is 3.24. The van der Waals surface area contributed by atoms with E-state index < -0.39 is 0 Å². The fourth-order valence-corrected chi connectivity index (χ4v) is 2.01. The molecule has 4 heteroatoms. The average Bonchev–Trinajstić information content (AvgIpc) is 2.48. The first-order chi connectivity index (χ1) is 5.75. The normalized spacial score (nSPS) is 26.5. The highest BCUT2D eigenvalue weighted by Gasteiger charge is 2.23. The Balaban J connectivity index is 2.57. The number of thiocarbonyl (C=S) groups is 1. The molecule has 0 aromatic heterocycles. The van der Waals surface area contributed by atoms with Crippen LogP contribution in [0.2, 0.25) is 0 Å². The average molecular weight is 203 g/mol. The summed E-state index contributed by atoms with van der Waals surface area (Å²) in [5.74, 6) is 0.287. The molecule has 1 fully saturated rings. The van der Waals surface area contributed by atoms with Crippen LogP contribution in [0.1, 0.15) is 19.3 Å². The smallest absolute Gasteiger partial charge is 0.0626 e. The van der Waals surface area contributed by atoms with Gasteiger partial charge in [-0.25, -0.2) is 0 Å². The quantitative estimate of drug-likeness (QED) is 0.538. The van der Waals surface area contributed by atoms with E-state index in [0.29, 0.717) is 6.54 Å². The summed E-state index contributed by atoms with van der Waals surface area (Å²) in [6.45, 7) is 0.623. The molecule has 1 aliphatic rings. The number of thiol groups is 1. The molecule has 2 nitrogen and oxygen atoms in total. The van der Waals surface area contributed by atoms with Gasteiger partial charge < -0.3 is 5.11 Å². The lowest BCUT2D eigenvalue weighted by Crippen LogP contribution is -2.13. The summed E-state index contributed by atoms with van der Waals surface area (Å²) in [6, 6.07) is 0. The minimum atomic E-state index is 0.121. The first-order valence-electron chi connectivity index (χ1n) is 4.12. The molecule has 0 radical (unpaired) electrons. The fourth-order valence-electron chi connectivity index (χ4n) is 1.48. The lowest BCUT2D eigenvalue weighted by Gasteiger charge is -2.07. The molecular formula is C8H13NOS2. The van der Waals surface area contributed by atoms with Crippen molar-refractivity contribution in [3.63, 3.8) is 0 Å². The summed E-state index contributed by atoms with van der Waals surface area (Å²) in [5.41, 5.74) is 1.13. The molecule has 0 spiro atoms. The van der Waals surface area contributed by atoms with Gasteiger partial charge in [-0.05, 0) is 19.3 Å². The summed E-state index contributed by atoms with van der Waals surface area (Å²) >= 11 is 9.17. The number of aliphatic hydroxyl groups is 1. The van der Waals surface area contributed by atoms with Gasteiger partial charge in [-0.1, -0.05) is 12.2 Å². The number of hydrogen-bond donors (Lipinski definition) is 2. The van der Waals surface area contributed by atoms with Gasteiger partial charge in [-0.3, -0.25) is 4.99 Å².